The highest BCUT2D eigenvalue weighted by molar-refractivity contribution is 6.76. The highest BCUT2D eigenvalue weighted by Gasteiger charge is 2.18. The zero-order valence-corrected chi connectivity index (χ0v) is 23.2. The van der Waals surface area contributed by atoms with Gasteiger partial charge in [-0.15, -0.1) is 0 Å². The minimum Gasteiger partial charge on any atom is -0.491 e. The van der Waals surface area contributed by atoms with E-state index in [4.69, 9.17) is 19.3 Å². The lowest BCUT2D eigenvalue weighted by Gasteiger charge is -2.18. The average Bonchev–Trinajstić information content (AvgIpc) is 3.16. The third kappa shape index (κ3) is 8.03. The lowest BCUT2D eigenvalue weighted by atomic mass is 10.1. The van der Waals surface area contributed by atoms with Crippen LogP contribution in [-0.2, 0) is 16.2 Å². The fraction of sp³-hybridized carbons (Fsp3) is 0.538. The maximum atomic E-state index is 10.1. The minimum atomic E-state index is -1.17. The molecule has 0 saturated carbocycles. The van der Waals surface area contributed by atoms with Gasteiger partial charge in [0.25, 0.3) is 0 Å². The molecule has 35 heavy (non-hydrogen) atoms. The van der Waals surface area contributed by atoms with E-state index in [0.717, 1.165) is 47.2 Å². The Morgan fingerprint density at radius 1 is 1.11 bits per heavy atom. The molecular formula is C26H40N4O4Si. The third-order valence-electron chi connectivity index (χ3n) is 5.56. The summed E-state index contributed by atoms with van der Waals surface area (Å²) in [5.74, 6) is 1.54. The highest BCUT2D eigenvalue weighted by atomic mass is 28.3. The molecule has 0 aliphatic heterocycles. The summed E-state index contributed by atoms with van der Waals surface area (Å²) in [7, 11) is 2.52. The molecule has 0 spiro atoms. The summed E-state index contributed by atoms with van der Waals surface area (Å²) >= 11 is 0. The van der Waals surface area contributed by atoms with E-state index in [0.29, 0.717) is 19.1 Å². The summed E-state index contributed by atoms with van der Waals surface area (Å²) in [6.45, 7) is 13.2. The van der Waals surface area contributed by atoms with Gasteiger partial charge >= 0.3 is 0 Å². The summed E-state index contributed by atoms with van der Waals surface area (Å²) in [5.41, 5.74) is 1.85. The molecule has 3 aromatic rings. The van der Waals surface area contributed by atoms with Crippen molar-refractivity contribution in [3.05, 3.63) is 36.5 Å². The summed E-state index contributed by atoms with van der Waals surface area (Å²) in [5, 5.41) is 16.0. The van der Waals surface area contributed by atoms with Gasteiger partial charge in [0.05, 0.1) is 17.7 Å². The number of rotatable bonds is 13. The maximum absolute atomic E-state index is 10.1. The fourth-order valence-electron chi connectivity index (χ4n) is 3.47. The largest absolute Gasteiger partial charge is 0.491 e. The lowest BCUT2D eigenvalue weighted by Crippen LogP contribution is -2.27. The summed E-state index contributed by atoms with van der Waals surface area (Å²) in [6, 6.07) is 11.0. The molecule has 0 saturated heterocycles. The van der Waals surface area contributed by atoms with Gasteiger partial charge in [0.15, 0.2) is 0 Å². The van der Waals surface area contributed by atoms with Crippen molar-refractivity contribution in [1.29, 1.82) is 0 Å². The van der Waals surface area contributed by atoms with Gasteiger partial charge in [-0.05, 0) is 50.2 Å². The number of anilines is 1. The van der Waals surface area contributed by atoms with E-state index in [-0.39, 0.29) is 6.61 Å². The van der Waals surface area contributed by atoms with Crippen LogP contribution in [0.4, 0.5) is 5.82 Å². The minimum absolute atomic E-state index is 0.200. The molecule has 2 heterocycles. The van der Waals surface area contributed by atoms with Crippen molar-refractivity contribution in [3.8, 4) is 17.0 Å². The zero-order valence-electron chi connectivity index (χ0n) is 22.2. The lowest BCUT2D eigenvalue weighted by molar-refractivity contribution is 0.0285. The second-order valence-electron chi connectivity index (χ2n) is 10.8. The van der Waals surface area contributed by atoms with Crippen molar-refractivity contribution in [1.82, 2.24) is 14.8 Å². The molecule has 0 bridgehead atoms. The number of methoxy groups -OCH3 is 1. The molecule has 0 radical (unpaired) electrons. The molecule has 1 aromatic carbocycles. The van der Waals surface area contributed by atoms with Crippen LogP contribution >= 0.6 is 0 Å². The Kier molecular flexibility index (Phi) is 8.93. The second kappa shape index (κ2) is 11.5. The van der Waals surface area contributed by atoms with Gasteiger partial charge in [-0.2, -0.15) is 5.10 Å². The first-order valence-electron chi connectivity index (χ1n) is 12.1. The van der Waals surface area contributed by atoms with Crippen molar-refractivity contribution in [2.45, 2.75) is 51.9 Å². The number of nitrogens with zero attached hydrogens (tertiary/aromatic N) is 4. The Labute approximate surface area is 209 Å². The van der Waals surface area contributed by atoms with Gasteiger partial charge in [0.2, 0.25) is 0 Å². The predicted octanol–water partition coefficient (Wildman–Crippen LogP) is 4.64. The average molecular weight is 501 g/mol. The Hall–Kier alpha value is -2.46. The molecule has 192 valence electrons. The van der Waals surface area contributed by atoms with Crippen molar-refractivity contribution < 1.29 is 19.3 Å². The van der Waals surface area contributed by atoms with E-state index in [9.17, 15) is 5.11 Å². The van der Waals surface area contributed by atoms with E-state index < -0.39 is 13.7 Å². The number of hydrogen-bond acceptors (Lipinski definition) is 7. The molecule has 0 unspecified atom stereocenters. The standard InChI is InChI=1S/C26H40N4O4Si/c1-26(2,31)18-34-21-8-9-23-22(17-21)25(28-30(23)19-33-14-15-35(5,6)7)20-10-11-27-24(16-20)29(3)12-13-32-4/h8-11,16-17,31H,12-15,18-19H2,1-7H3. The van der Waals surface area contributed by atoms with Crippen LogP contribution in [-0.4, -0.2) is 74.1 Å². The highest BCUT2D eigenvalue weighted by Crippen LogP contribution is 2.32. The van der Waals surface area contributed by atoms with Crippen molar-refractivity contribution in [3.63, 3.8) is 0 Å². The molecule has 3 rings (SSSR count). The van der Waals surface area contributed by atoms with Crippen LogP contribution in [0.1, 0.15) is 13.8 Å². The van der Waals surface area contributed by atoms with Crippen LogP contribution in [0.5, 0.6) is 5.75 Å². The van der Waals surface area contributed by atoms with Crippen LogP contribution in [0.3, 0.4) is 0 Å². The van der Waals surface area contributed by atoms with E-state index in [1.807, 2.05) is 42.1 Å². The summed E-state index contributed by atoms with van der Waals surface area (Å²) in [6.07, 6.45) is 1.80. The topological polar surface area (TPSA) is 81.9 Å². The van der Waals surface area contributed by atoms with Crippen molar-refractivity contribution >= 4 is 24.8 Å². The van der Waals surface area contributed by atoms with Gasteiger partial charge in [-0.1, -0.05) is 19.6 Å². The first kappa shape index (κ1) is 27.1. The molecule has 2 aromatic heterocycles. The predicted molar refractivity (Wildman–Crippen MR) is 144 cm³/mol. The molecule has 0 fully saturated rings. The molecule has 0 aliphatic rings. The Balaban J connectivity index is 1.95. The Bertz CT molecular complexity index is 1100. The van der Waals surface area contributed by atoms with E-state index in [1.54, 1.807) is 27.2 Å². The van der Waals surface area contributed by atoms with E-state index in [2.05, 4.69) is 29.5 Å². The molecule has 0 atom stereocenters. The number of hydrogen-bond donors (Lipinski definition) is 1. The number of aromatic nitrogens is 3. The molecule has 0 aliphatic carbocycles. The van der Waals surface area contributed by atoms with Crippen LogP contribution in [0.25, 0.3) is 22.2 Å². The Morgan fingerprint density at radius 2 is 1.89 bits per heavy atom. The normalized spacial score (nSPS) is 12.3. The maximum Gasteiger partial charge on any atom is 0.140 e. The molecule has 1 N–H and O–H groups in total. The molecule has 8 nitrogen and oxygen atoms in total. The first-order chi connectivity index (χ1) is 16.5. The number of pyridine rings is 1. The second-order valence-corrected chi connectivity index (χ2v) is 16.4. The quantitative estimate of drug-likeness (QED) is 0.270. The Morgan fingerprint density at radius 3 is 2.57 bits per heavy atom. The number of fused-ring (bicyclic) bond motifs is 1. The number of ether oxygens (including phenoxy) is 3. The number of likely N-dealkylation sites (N-methyl/N-ethyl adjacent to an activating group) is 1. The smallest absolute Gasteiger partial charge is 0.140 e. The van der Waals surface area contributed by atoms with E-state index in [1.165, 1.54) is 0 Å². The fourth-order valence-corrected chi connectivity index (χ4v) is 4.22. The van der Waals surface area contributed by atoms with Gasteiger partial charge < -0.3 is 24.2 Å². The van der Waals surface area contributed by atoms with Crippen molar-refractivity contribution in [2.75, 3.05) is 45.4 Å². The van der Waals surface area contributed by atoms with Crippen LogP contribution in [0.2, 0.25) is 25.7 Å². The SMILES string of the molecule is COCCN(C)c1cc(-c2nn(COCC[Si](C)(C)C)c3ccc(OCC(C)(C)O)cc23)ccn1. The van der Waals surface area contributed by atoms with Gasteiger partial charge in [-0.3, -0.25) is 0 Å². The molecule has 0 amide bonds. The summed E-state index contributed by atoms with van der Waals surface area (Å²) in [4.78, 5) is 6.58. The zero-order chi connectivity index (χ0) is 25.6. The number of benzene rings is 1. The van der Waals surface area contributed by atoms with E-state index >= 15 is 0 Å². The van der Waals surface area contributed by atoms with Gasteiger partial charge in [-0.25, -0.2) is 9.67 Å². The molecule has 9 heteroatoms. The molecular weight excluding hydrogens is 460 g/mol. The van der Waals surface area contributed by atoms with Gasteiger partial charge in [0, 0.05) is 52.5 Å². The van der Waals surface area contributed by atoms with Crippen LogP contribution in [0, 0.1) is 0 Å². The van der Waals surface area contributed by atoms with Crippen molar-refractivity contribution in [2.24, 2.45) is 0 Å². The third-order valence-corrected chi connectivity index (χ3v) is 7.27. The number of aliphatic hydroxyl groups is 1. The van der Waals surface area contributed by atoms with Crippen LogP contribution in [0.15, 0.2) is 36.5 Å². The van der Waals surface area contributed by atoms with Gasteiger partial charge in [0.1, 0.15) is 30.6 Å². The monoisotopic (exact) mass is 500 g/mol. The first-order valence-corrected chi connectivity index (χ1v) is 15.8. The van der Waals surface area contributed by atoms with Crippen LogP contribution < -0.4 is 9.64 Å². The summed E-state index contributed by atoms with van der Waals surface area (Å²) < 4.78 is 19.0.